The number of H-pyrrole nitrogens is 1. The molecule has 0 bridgehead atoms. The van der Waals surface area contributed by atoms with Crippen molar-refractivity contribution >= 4 is 40.2 Å². The number of hydrogen-bond donors (Lipinski definition) is 4. The third-order valence-corrected chi connectivity index (χ3v) is 5.73. The van der Waals surface area contributed by atoms with Gasteiger partial charge in [0.25, 0.3) is 5.91 Å². The third-order valence-electron chi connectivity index (χ3n) is 5.38. The van der Waals surface area contributed by atoms with E-state index in [1.807, 2.05) is 54.7 Å². The number of aromatic nitrogens is 1. The summed E-state index contributed by atoms with van der Waals surface area (Å²) in [4.78, 5) is 39.5. The second-order valence-corrected chi connectivity index (χ2v) is 8.01. The maximum absolute atomic E-state index is 12.5. The summed E-state index contributed by atoms with van der Waals surface area (Å²) in [6.45, 7) is -0.210. The molecule has 1 unspecified atom stereocenters. The van der Waals surface area contributed by atoms with Crippen molar-refractivity contribution in [2.24, 2.45) is 0 Å². The number of benzene rings is 2. The summed E-state index contributed by atoms with van der Waals surface area (Å²) in [6.07, 6.45) is 3.29. The van der Waals surface area contributed by atoms with Crippen LogP contribution in [0.5, 0.6) is 0 Å². The van der Waals surface area contributed by atoms with E-state index in [1.165, 1.54) is 12.3 Å². The molecular weight excluding hydrogens is 456 g/mol. The van der Waals surface area contributed by atoms with Crippen LogP contribution in [-0.2, 0) is 9.59 Å². The maximum atomic E-state index is 12.5. The number of amides is 3. The normalized spacial score (nSPS) is 11.7. The van der Waals surface area contributed by atoms with Gasteiger partial charge in [-0.25, -0.2) is 0 Å². The summed E-state index contributed by atoms with van der Waals surface area (Å²) >= 11 is 6.48. The van der Waals surface area contributed by atoms with Crippen molar-refractivity contribution in [3.63, 3.8) is 0 Å². The van der Waals surface area contributed by atoms with Gasteiger partial charge in [0, 0.05) is 34.6 Å². The molecule has 4 N–H and O–H groups in total. The molecule has 9 heteroatoms. The molecule has 8 nitrogen and oxygen atoms in total. The number of aromatic amines is 1. The van der Waals surface area contributed by atoms with Crippen LogP contribution in [0.2, 0.25) is 5.02 Å². The first-order chi connectivity index (χ1) is 16.5. The SMILES string of the molecule is O=C(CNC(=O)CNC(=O)c1ccco1)NCC(c1ccccc1Cl)c1c[nH]c2ccccc12. The standard InChI is InChI=1S/C25H23ClN4O4/c26-20-8-3-1-6-16(20)18(19-12-27-21-9-4-2-7-17(19)21)13-28-23(31)14-29-24(32)15-30-25(33)22-10-5-11-34-22/h1-12,18,27H,13-15H2,(H,28,31)(H,29,32)(H,30,33). The van der Waals surface area contributed by atoms with Crippen molar-refractivity contribution in [1.29, 1.82) is 0 Å². The highest BCUT2D eigenvalue weighted by atomic mass is 35.5. The average Bonchev–Trinajstić information content (AvgIpc) is 3.53. The van der Waals surface area contributed by atoms with Crippen LogP contribution in [0.1, 0.15) is 27.6 Å². The fraction of sp³-hybridized carbons (Fsp3) is 0.160. The number of furan rings is 1. The molecule has 4 rings (SSSR count). The first-order valence-electron chi connectivity index (χ1n) is 10.7. The van der Waals surface area contributed by atoms with Crippen LogP contribution < -0.4 is 16.0 Å². The molecule has 3 amide bonds. The largest absolute Gasteiger partial charge is 0.459 e. The highest BCUT2D eigenvalue weighted by Gasteiger charge is 2.21. The first-order valence-corrected chi connectivity index (χ1v) is 11.1. The van der Waals surface area contributed by atoms with E-state index >= 15 is 0 Å². The number of hydrogen-bond acceptors (Lipinski definition) is 4. The van der Waals surface area contributed by atoms with Gasteiger partial charge >= 0.3 is 0 Å². The molecule has 0 spiro atoms. The van der Waals surface area contributed by atoms with Crippen molar-refractivity contribution in [2.45, 2.75) is 5.92 Å². The zero-order valence-corrected chi connectivity index (χ0v) is 18.9. The van der Waals surface area contributed by atoms with Crippen molar-refractivity contribution in [1.82, 2.24) is 20.9 Å². The van der Waals surface area contributed by atoms with Gasteiger partial charge in [-0.2, -0.15) is 0 Å². The van der Waals surface area contributed by atoms with Gasteiger partial charge in [0.05, 0.1) is 19.4 Å². The Bertz CT molecular complexity index is 1300. The molecule has 0 radical (unpaired) electrons. The van der Waals surface area contributed by atoms with Gasteiger partial charge in [0.15, 0.2) is 5.76 Å². The summed E-state index contributed by atoms with van der Waals surface area (Å²) in [6, 6.07) is 18.5. The molecule has 0 aliphatic heterocycles. The average molecular weight is 479 g/mol. The number of nitrogens with one attached hydrogen (secondary N) is 4. The number of carbonyl (C=O) groups is 3. The Balaban J connectivity index is 1.36. The minimum Gasteiger partial charge on any atom is -0.459 e. The van der Waals surface area contributed by atoms with Crippen LogP contribution in [0, 0.1) is 0 Å². The summed E-state index contributed by atoms with van der Waals surface area (Å²) < 4.78 is 4.96. The quantitative estimate of drug-likeness (QED) is 0.295. The molecule has 0 saturated heterocycles. The van der Waals surface area contributed by atoms with Crippen LogP contribution in [0.4, 0.5) is 0 Å². The van der Waals surface area contributed by atoms with Crippen LogP contribution in [0.15, 0.2) is 77.5 Å². The third kappa shape index (κ3) is 5.47. The Morgan fingerprint density at radius 1 is 0.853 bits per heavy atom. The summed E-state index contributed by atoms with van der Waals surface area (Å²) in [5, 5.41) is 9.44. The van der Waals surface area contributed by atoms with Crippen LogP contribution >= 0.6 is 11.6 Å². The molecule has 34 heavy (non-hydrogen) atoms. The van der Waals surface area contributed by atoms with E-state index in [-0.39, 0.29) is 37.2 Å². The minimum atomic E-state index is -0.508. The first kappa shape index (κ1) is 23.1. The van der Waals surface area contributed by atoms with E-state index in [2.05, 4.69) is 20.9 Å². The molecule has 2 heterocycles. The minimum absolute atomic E-state index is 0.105. The second kappa shape index (κ2) is 10.7. The van der Waals surface area contributed by atoms with Crippen molar-refractivity contribution in [3.05, 3.63) is 95.0 Å². The zero-order valence-electron chi connectivity index (χ0n) is 18.1. The zero-order chi connectivity index (χ0) is 23.9. The Morgan fingerprint density at radius 2 is 1.59 bits per heavy atom. The molecule has 2 aromatic heterocycles. The highest BCUT2D eigenvalue weighted by molar-refractivity contribution is 6.31. The van der Waals surface area contributed by atoms with Gasteiger partial charge < -0.3 is 25.4 Å². The predicted octanol–water partition coefficient (Wildman–Crippen LogP) is 3.21. The molecule has 0 fully saturated rings. The van der Waals surface area contributed by atoms with E-state index in [1.54, 1.807) is 6.07 Å². The lowest BCUT2D eigenvalue weighted by Gasteiger charge is -2.19. The van der Waals surface area contributed by atoms with Crippen molar-refractivity contribution in [2.75, 3.05) is 19.6 Å². The topological polar surface area (TPSA) is 116 Å². The fourth-order valence-electron chi connectivity index (χ4n) is 3.70. The van der Waals surface area contributed by atoms with Crippen LogP contribution in [-0.4, -0.2) is 42.3 Å². The van der Waals surface area contributed by atoms with Gasteiger partial charge in [-0.3, -0.25) is 14.4 Å². The van der Waals surface area contributed by atoms with E-state index in [9.17, 15) is 14.4 Å². The Kier molecular flexibility index (Phi) is 7.29. The van der Waals surface area contributed by atoms with Gasteiger partial charge in [0.1, 0.15) is 0 Å². The molecule has 0 aliphatic rings. The fourth-order valence-corrected chi connectivity index (χ4v) is 3.97. The maximum Gasteiger partial charge on any atom is 0.287 e. The molecule has 4 aromatic rings. The molecule has 174 valence electrons. The highest BCUT2D eigenvalue weighted by Crippen LogP contribution is 2.34. The van der Waals surface area contributed by atoms with Crippen molar-refractivity contribution in [3.8, 4) is 0 Å². The van der Waals surface area contributed by atoms with Crippen LogP contribution in [0.25, 0.3) is 10.9 Å². The molecular formula is C25H23ClN4O4. The van der Waals surface area contributed by atoms with Crippen LogP contribution in [0.3, 0.4) is 0 Å². The van der Waals surface area contributed by atoms with Gasteiger partial charge in [0.2, 0.25) is 11.8 Å². The van der Waals surface area contributed by atoms with E-state index in [4.69, 9.17) is 16.0 Å². The van der Waals surface area contributed by atoms with E-state index in [0.29, 0.717) is 5.02 Å². The Morgan fingerprint density at radius 3 is 2.38 bits per heavy atom. The molecule has 2 aromatic carbocycles. The van der Waals surface area contributed by atoms with Gasteiger partial charge in [-0.15, -0.1) is 0 Å². The second-order valence-electron chi connectivity index (χ2n) is 7.60. The molecule has 0 saturated carbocycles. The number of para-hydroxylation sites is 1. The Hall–Kier alpha value is -4.04. The number of rotatable bonds is 9. The van der Waals surface area contributed by atoms with E-state index in [0.717, 1.165) is 22.0 Å². The number of fused-ring (bicyclic) bond motifs is 1. The molecule has 1 atom stereocenters. The van der Waals surface area contributed by atoms with Gasteiger partial charge in [-0.1, -0.05) is 48.0 Å². The number of carbonyl (C=O) groups excluding carboxylic acids is 3. The van der Waals surface area contributed by atoms with Crippen molar-refractivity contribution < 1.29 is 18.8 Å². The summed E-state index contributed by atoms with van der Waals surface area (Å²) in [5.41, 5.74) is 2.89. The lowest BCUT2D eigenvalue weighted by Crippen LogP contribution is -2.42. The Labute approximate surface area is 200 Å². The lowest BCUT2D eigenvalue weighted by molar-refractivity contribution is -0.125. The summed E-state index contributed by atoms with van der Waals surface area (Å²) in [7, 11) is 0. The predicted molar refractivity (Wildman–Crippen MR) is 129 cm³/mol. The molecule has 0 aliphatic carbocycles. The lowest BCUT2D eigenvalue weighted by atomic mass is 9.90. The smallest absolute Gasteiger partial charge is 0.287 e. The monoisotopic (exact) mass is 478 g/mol. The summed E-state index contributed by atoms with van der Waals surface area (Å²) in [5.74, 6) is -1.45. The van der Waals surface area contributed by atoms with E-state index < -0.39 is 11.8 Å². The van der Waals surface area contributed by atoms with Gasteiger partial charge in [-0.05, 0) is 35.4 Å². The number of halogens is 1.